The van der Waals surface area contributed by atoms with Crippen LogP contribution in [0.25, 0.3) is 10.1 Å². The molecule has 0 radical (unpaired) electrons. The maximum Gasteiger partial charge on any atom is 0.400 e. The van der Waals surface area contributed by atoms with Crippen molar-refractivity contribution in [3.05, 3.63) is 28.1 Å². The van der Waals surface area contributed by atoms with Crippen LogP contribution in [0.1, 0.15) is 27.2 Å². The molecule has 0 fully saturated rings. The van der Waals surface area contributed by atoms with E-state index >= 15 is 0 Å². The van der Waals surface area contributed by atoms with Gasteiger partial charge in [0.15, 0.2) is 0 Å². The fourth-order valence-corrected chi connectivity index (χ4v) is 4.97. The van der Waals surface area contributed by atoms with Crippen LogP contribution in [0.5, 0.6) is 5.75 Å². The van der Waals surface area contributed by atoms with E-state index in [1.165, 1.54) is 19.1 Å². The van der Waals surface area contributed by atoms with Crippen molar-refractivity contribution in [1.82, 2.24) is 0 Å². The lowest BCUT2D eigenvalue weighted by atomic mass is 10.1. The second-order valence-corrected chi connectivity index (χ2v) is 10.3. The zero-order valence-electron chi connectivity index (χ0n) is 14.4. The highest BCUT2D eigenvalue weighted by atomic mass is 32.2. The highest BCUT2D eigenvalue weighted by Gasteiger charge is 2.52. The summed E-state index contributed by atoms with van der Waals surface area (Å²) in [6, 6.07) is 2.41. The minimum absolute atomic E-state index is 0.00299. The predicted molar refractivity (Wildman–Crippen MR) is 99.1 cm³/mol. The number of benzene rings is 1. The lowest BCUT2D eigenvalue weighted by molar-refractivity contribution is 0.0596. The summed E-state index contributed by atoms with van der Waals surface area (Å²) in [5, 5.41) is 5.00. The minimum atomic E-state index is -5.80. The van der Waals surface area contributed by atoms with E-state index in [4.69, 9.17) is 25.4 Å². The maximum absolute atomic E-state index is 14.2. The van der Waals surface area contributed by atoms with Gasteiger partial charge in [-0.05, 0) is 31.0 Å². The van der Waals surface area contributed by atoms with E-state index in [1.807, 2.05) is 0 Å². The summed E-state index contributed by atoms with van der Waals surface area (Å²) in [4.78, 5) is 28.7. The van der Waals surface area contributed by atoms with Crippen LogP contribution in [0.3, 0.4) is 0 Å². The van der Waals surface area contributed by atoms with Crippen LogP contribution in [-0.4, -0.2) is 36.5 Å². The number of hydrogen-bond donors (Lipinski definition) is 4. The van der Waals surface area contributed by atoms with Gasteiger partial charge in [-0.1, -0.05) is 0 Å². The summed E-state index contributed by atoms with van der Waals surface area (Å²) in [6.45, 7) is 1.07. The van der Waals surface area contributed by atoms with E-state index in [0.717, 1.165) is 0 Å². The smallest absolute Gasteiger partial charge is 0.400 e. The molecule has 1 aromatic carbocycles. The molecule has 2 aromatic rings. The quantitative estimate of drug-likeness (QED) is 0.344. The van der Waals surface area contributed by atoms with Crippen LogP contribution in [0.2, 0.25) is 0 Å². The highest BCUT2D eigenvalue weighted by Crippen LogP contribution is 2.62. The van der Waals surface area contributed by atoms with Crippen LogP contribution < -0.4 is 15.6 Å². The molecule has 1 heterocycles. The van der Waals surface area contributed by atoms with Gasteiger partial charge in [0.1, 0.15) is 5.75 Å². The summed E-state index contributed by atoms with van der Waals surface area (Å²) < 4.78 is 67.1. The van der Waals surface area contributed by atoms with E-state index in [1.54, 1.807) is 0 Å². The zero-order chi connectivity index (χ0) is 21.5. The Hall–Kier alpha value is -1.63. The molecule has 156 valence electrons. The van der Waals surface area contributed by atoms with E-state index < -0.39 is 34.1 Å². The molecular weight excluding hydrogens is 441 g/mol. The van der Waals surface area contributed by atoms with Crippen molar-refractivity contribution in [3.63, 3.8) is 0 Å². The van der Waals surface area contributed by atoms with E-state index in [2.05, 4.69) is 0 Å². The Morgan fingerprint density at radius 3 is 2.46 bits per heavy atom. The molecule has 1 aromatic heterocycles. The van der Waals surface area contributed by atoms with Crippen molar-refractivity contribution < 1.29 is 41.1 Å². The number of ether oxygens (including phenoxy) is 1. The lowest BCUT2D eigenvalue weighted by Crippen LogP contribution is -2.18. The number of amides is 1. The molecule has 28 heavy (non-hydrogen) atoms. The molecule has 9 nitrogen and oxygen atoms in total. The van der Waals surface area contributed by atoms with Crippen molar-refractivity contribution in [1.29, 1.82) is 0 Å². The molecule has 0 saturated carbocycles. The standard InChI is InChI=1S/C14H17F2N2O7PS2/c1-7-9-5-8(13(17)19)6-10(25-3-2-4-28(18,23)24)11(9)27-12(7)14(15,16)26(20,21)22/h5-6H,2-4H2,1H3,(H2,17,19)(H2,18,23,24)(H2,20,21,22). The third-order valence-electron chi connectivity index (χ3n) is 3.76. The van der Waals surface area contributed by atoms with Crippen molar-refractivity contribution in [2.75, 3.05) is 12.4 Å². The zero-order valence-corrected chi connectivity index (χ0v) is 16.9. The molecule has 0 aliphatic rings. The van der Waals surface area contributed by atoms with Gasteiger partial charge in [-0.3, -0.25) is 9.36 Å². The second-order valence-electron chi connectivity index (χ2n) is 5.93. The number of thiophene rings is 1. The van der Waals surface area contributed by atoms with Gasteiger partial charge in [-0.2, -0.15) is 8.78 Å². The first-order valence-corrected chi connectivity index (χ1v) is 11.7. The Bertz CT molecular complexity index is 1080. The number of primary amides is 1. The maximum atomic E-state index is 14.2. The molecule has 2 rings (SSSR count). The number of halogens is 2. The molecule has 0 spiro atoms. The summed E-state index contributed by atoms with van der Waals surface area (Å²) in [6.07, 6.45) is -0.00299. The monoisotopic (exact) mass is 458 g/mol. The fourth-order valence-electron chi connectivity index (χ4n) is 2.40. The number of primary sulfonamides is 1. The summed E-state index contributed by atoms with van der Waals surface area (Å²) in [7, 11) is -9.52. The van der Waals surface area contributed by atoms with Gasteiger partial charge in [-0.25, -0.2) is 13.6 Å². The molecule has 6 N–H and O–H groups in total. The van der Waals surface area contributed by atoms with Crippen molar-refractivity contribution in [2.24, 2.45) is 10.9 Å². The van der Waals surface area contributed by atoms with Crippen LogP contribution >= 0.6 is 18.9 Å². The lowest BCUT2D eigenvalue weighted by Gasteiger charge is -2.16. The number of rotatable bonds is 8. The SMILES string of the molecule is Cc1c(C(F)(F)P(=O)(O)O)sc2c(OCCCS(N)(=O)=O)cc(C(N)=O)cc12. The van der Waals surface area contributed by atoms with Crippen LogP contribution in [0.15, 0.2) is 12.1 Å². The van der Waals surface area contributed by atoms with Crippen LogP contribution in [0, 0.1) is 6.92 Å². The normalized spacial score (nSPS) is 13.1. The molecule has 0 atom stereocenters. The molecule has 14 heteroatoms. The Kier molecular flexibility index (Phi) is 6.19. The number of hydrogen-bond acceptors (Lipinski definition) is 6. The number of carbonyl (C=O) groups is 1. The number of fused-ring (bicyclic) bond motifs is 1. The molecular formula is C14H17F2N2O7PS2. The Morgan fingerprint density at radius 2 is 1.96 bits per heavy atom. The third kappa shape index (κ3) is 4.67. The average Bonchev–Trinajstić information content (AvgIpc) is 2.87. The first-order valence-electron chi connectivity index (χ1n) is 7.59. The van der Waals surface area contributed by atoms with Crippen LogP contribution in [0.4, 0.5) is 8.78 Å². The van der Waals surface area contributed by atoms with Gasteiger partial charge in [0, 0.05) is 10.9 Å². The number of sulfonamides is 1. The van der Waals surface area contributed by atoms with Crippen LogP contribution in [-0.2, 0) is 20.3 Å². The topological polar surface area (TPSA) is 170 Å². The van der Waals surface area contributed by atoms with Crippen molar-refractivity contribution >= 4 is 44.9 Å². The summed E-state index contributed by atoms with van der Waals surface area (Å²) in [5.41, 5.74) is 0.604. The van der Waals surface area contributed by atoms with Gasteiger partial charge in [0.25, 0.3) is 0 Å². The highest BCUT2D eigenvalue weighted by molar-refractivity contribution is 7.89. The first-order chi connectivity index (χ1) is 12.6. The number of nitrogens with two attached hydrogens (primary N) is 2. The molecule has 0 bridgehead atoms. The summed E-state index contributed by atoms with van der Waals surface area (Å²) in [5.74, 6) is -1.29. The number of alkyl halides is 2. The first kappa shape index (κ1) is 22.7. The molecule has 0 aliphatic heterocycles. The molecule has 0 saturated heterocycles. The average molecular weight is 458 g/mol. The van der Waals surface area contributed by atoms with E-state index in [-0.39, 0.29) is 45.7 Å². The number of aryl methyl sites for hydroxylation is 1. The number of carbonyl (C=O) groups excluding carboxylic acids is 1. The van der Waals surface area contributed by atoms with Crippen molar-refractivity contribution in [2.45, 2.75) is 19.0 Å². The Labute approximate surface area is 162 Å². The van der Waals surface area contributed by atoms with Gasteiger partial charge in [-0.15, -0.1) is 11.3 Å². The molecule has 0 aliphatic carbocycles. The molecule has 1 amide bonds. The Morgan fingerprint density at radius 1 is 1.36 bits per heavy atom. The van der Waals surface area contributed by atoms with Gasteiger partial charge < -0.3 is 20.3 Å². The minimum Gasteiger partial charge on any atom is -0.492 e. The van der Waals surface area contributed by atoms with Gasteiger partial charge in [0.2, 0.25) is 15.9 Å². The third-order valence-corrected chi connectivity index (χ3v) is 7.11. The van der Waals surface area contributed by atoms with E-state index in [0.29, 0.717) is 11.3 Å². The van der Waals surface area contributed by atoms with Crippen molar-refractivity contribution in [3.8, 4) is 5.75 Å². The predicted octanol–water partition coefficient (Wildman–Crippen LogP) is 1.59. The Balaban J connectivity index is 2.55. The van der Waals surface area contributed by atoms with Gasteiger partial charge >= 0.3 is 13.3 Å². The largest absolute Gasteiger partial charge is 0.492 e. The van der Waals surface area contributed by atoms with E-state index in [9.17, 15) is 26.6 Å². The fraction of sp³-hybridized carbons (Fsp3) is 0.357. The second kappa shape index (κ2) is 7.65. The molecule has 0 unspecified atom stereocenters. The summed E-state index contributed by atoms with van der Waals surface area (Å²) >= 11 is 0.406. The van der Waals surface area contributed by atoms with Gasteiger partial charge in [0.05, 0.1) is 21.9 Å².